The van der Waals surface area contributed by atoms with Crippen molar-refractivity contribution in [1.29, 1.82) is 0 Å². The molecule has 0 aliphatic heterocycles. The number of hydrogen-bond donors (Lipinski definition) is 2. The zero-order chi connectivity index (χ0) is 9.14. The maximum absolute atomic E-state index is 10.5. The van der Waals surface area contributed by atoms with E-state index in [0.29, 0.717) is 5.33 Å². The van der Waals surface area contributed by atoms with Gasteiger partial charge in [-0.25, -0.2) is 4.79 Å². The molecule has 0 unspecified atom stereocenters. The Kier molecular flexibility index (Phi) is 2.70. The molecular weight excluding hydrogens is 224 g/mol. The van der Waals surface area contributed by atoms with Crippen molar-refractivity contribution < 1.29 is 15.0 Å². The number of rotatable bonds is 2. The number of carboxylic acids is 1. The summed E-state index contributed by atoms with van der Waals surface area (Å²) in [6.45, 7) is 0. The van der Waals surface area contributed by atoms with Crippen molar-refractivity contribution in [2.24, 2.45) is 0 Å². The highest BCUT2D eigenvalue weighted by atomic mass is 79.9. The average Bonchev–Trinajstić information content (AvgIpc) is 2.03. The third kappa shape index (κ3) is 1.98. The SMILES string of the molecule is O=C(O)c1cc(O)cc(CBr)c1. The van der Waals surface area contributed by atoms with Crippen LogP contribution in [0.3, 0.4) is 0 Å². The van der Waals surface area contributed by atoms with Crippen LogP contribution in [0.1, 0.15) is 15.9 Å². The van der Waals surface area contributed by atoms with Crippen LogP contribution in [0.5, 0.6) is 5.75 Å². The predicted octanol–water partition coefficient (Wildman–Crippen LogP) is 1.99. The Balaban J connectivity index is 3.15. The Labute approximate surface area is 77.8 Å². The zero-order valence-electron chi connectivity index (χ0n) is 6.12. The first kappa shape index (κ1) is 9.06. The van der Waals surface area contributed by atoms with Crippen LogP contribution in [0.4, 0.5) is 0 Å². The van der Waals surface area contributed by atoms with Crippen LogP contribution in [0.2, 0.25) is 0 Å². The molecule has 3 nitrogen and oxygen atoms in total. The van der Waals surface area contributed by atoms with E-state index < -0.39 is 5.97 Å². The summed E-state index contributed by atoms with van der Waals surface area (Å²) < 4.78 is 0. The van der Waals surface area contributed by atoms with Gasteiger partial charge in [0.25, 0.3) is 0 Å². The molecule has 0 atom stereocenters. The van der Waals surface area contributed by atoms with Gasteiger partial charge in [0.15, 0.2) is 0 Å². The molecule has 0 aromatic heterocycles. The quantitative estimate of drug-likeness (QED) is 0.765. The summed E-state index contributed by atoms with van der Waals surface area (Å²) in [4.78, 5) is 10.5. The minimum Gasteiger partial charge on any atom is -0.508 e. The fourth-order valence-corrected chi connectivity index (χ4v) is 1.20. The molecule has 0 saturated carbocycles. The molecule has 0 aliphatic carbocycles. The van der Waals surface area contributed by atoms with Crippen molar-refractivity contribution >= 4 is 21.9 Å². The lowest BCUT2D eigenvalue weighted by Gasteiger charge is -1.99. The van der Waals surface area contributed by atoms with Crippen LogP contribution in [0, 0.1) is 0 Å². The second kappa shape index (κ2) is 3.58. The summed E-state index contributed by atoms with van der Waals surface area (Å²) in [5, 5.41) is 18.2. The zero-order valence-corrected chi connectivity index (χ0v) is 7.71. The van der Waals surface area contributed by atoms with E-state index in [9.17, 15) is 4.79 Å². The summed E-state index contributed by atoms with van der Waals surface area (Å²) in [6.07, 6.45) is 0. The Bertz CT molecular complexity index is 309. The van der Waals surface area contributed by atoms with Gasteiger partial charge < -0.3 is 10.2 Å². The molecule has 1 aromatic rings. The van der Waals surface area contributed by atoms with E-state index in [-0.39, 0.29) is 11.3 Å². The predicted molar refractivity (Wildman–Crippen MR) is 47.7 cm³/mol. The largest absolute Gasteiger partial charge is 0.508 e. The summed E-state index contributed by atoms with van der Waals surface area (Å²) in [5.41, 5.74) is 0.844. The van der Waals surface area contributed by atoms with Crippen molar-refractivity contribution in [3.05, 3.63) is 29.3 Å². The van der Waals surface area contributed by atoms with E-state index in [2.05, 4.69) is 15.9 Å². The third-order valence-corrected chi connectivity index (χ3v) is 2.03. The molecule has 0 amide bonds. The van der Waals surface area contributed by atoms with E-state index in [0.717, 1.165) is 5.56 Å². The van der Waals surface area contributed by atoms with Gasteiger partial charge in [-0.1, -0.05) is 15.9 Å². The molecule has 12 heavy (non-hydrogen) atoms. The Morgan fingerprint density at radius 2 is 2.08 bits per heavy atom. The number of aromatic hydroxyl groups is 1. The molecule has 0 saturated heterocycles. The molecule has 0 aliphatic rings. The first-order valence-corrected chi connectivity index (χ1v) is 4.38. The van der Waals surface area contributed by atoms with Crippen molar-refractivity contribution in [2.75, 3.05) is 0 Å². The van der Waals surface area contributed by atoms with Gasteiger partial charge in [-0.15, -0.1) is 0 Å². The first-order chi connectivity index (χ1) is 5.63. The van der Waals surface area contributed by atoms with Gasteiger partial charge in [-0.05, 0) is 23.8 Å². The highest BCUT2D eigenvalue weighted by molar-refractivity contribution is 9.08. The van der Waals surface area contributed by atoms with Crippen LogP contribution in [0.15, 0.2) is 18.2 Å². The molecule has 1 aromatic carbocycles. The number of benzene rings is 1. The van der Waals surface area contributed by atoms with E-state index in [1.165, 1.54) is 18.2 Å². The second-order valence-corrected chi connectivity index (χ2v) is 2.89. The van der Waals surface area contributed by atoms with Crippen molar-refractivity contribution in [3.63, 3.8) is 0 Å². The van der Waals surface area contributed by atoms with Crippen molar-refractivity contribution in [3.8, 4) is 5.75 Å². The van der Waals surface area contributed by atoms with Crippen LogP contribution in [-0.2, 0) is 5.33 Å². The summed E-state index contributed by atoms with van der Waals surface area (Å²) in [5.74, 6) is -1.06. The number of halogens is 1. The number of aromatic carboxylic acids is 1. The standard InChI is InChI=1S/C8H7BrO3/c9-4-5-1-6(8(11)12)3-7(10)2-5/h1-3,10H,4H2,(H,11,12). The number of hydrogen-bond acceptors (Lipinski definition) is 2. The molecular formula is C8H7BrO3. The first-order valence-electron chi connectivity index (χ1n) is 3.25. The Morgan fingerprint density at radius 3 is 2.58 bits per heavy atom. The van der Waals surface area contributed by atoms with Crippen molar-refractivity contribution in [2.45, 2.75) is 5.33 Å². The monoisotopic (exact) mass is 230 g/mol. The normalized spacial score (nSPS) is 9.75. The molecule has 0 bridgehead atoms. The maximum Gasteiger partial charge on any atom is 0.335 e. The maximum atomic E-state index is 10.5. The lowest BCUT2D eigenvalue weighted by atomic mass is 10.1. The summed E-state index contributed by atoms with van der Waals surface area (Å²) in [7, 11) is 0. The van der Waals surface area contributed by atoms with E-state index in [1.807, 2.05) is 0 Å². The lowest BCUT2D eigenvalue weighted by molar-refractivity contribution is 0.0696. The number of phenolic OH excluding ortho intramolecular Hbond substituents is 1. The van der Waals surface area contributed by atoms with Gasteiger partial charge >= 0.3 is 5.97 Å². The topological polar surface area (TPSA) is 57.5 Å². The van der Waals surface area contributed by atoms with Crippen molar-refractivity contribution in [1.82, 2.24) is 0 Å². The van der Waals surface area contributed by atoms with Gasteiger partial charge in [0.05, 0.1) is 5.56 Å². The molecule has 4 heteroatoms. The van der Waals surface area contributed by atoms with E-state index >= 15 is 0 Å². The fourth-order valence-electron chi connectivity index (χ4n) is 0.875. The van der Waals surface area contributed by atoms with Crippen LogP contribution >= 0.6 is 15.9 Å². The number of alkyl halides is 1. The van der Waals surface area contributed by atoms with Crippen LogP contribution in [-0.4, -0.2) is 16.2 Å². The molecule has 0 radical (unpaired) electrons. The van der Waals surface area contributed by atoms with Crippen LogP contribution < -0.4 is 0 Å². The van der Waals surface area contributed by atoms with Gasteiger partial charge in [0.2, 0.25) is 0 Å². The van der Waals surface area contributed by atoms with Gasteiger partial charge in [-0.3, -0.25) is 0 Å². The molecule has 64 valence electrons. The summed E-state index contributed by atoms with van der Waals surface area (Å²) >= 11 is 3.17. The Hall–Kier alpha value is -1.03. The molecule has 0 heterocycles. The second-order valence-electron chi connectivity index (χ2n) is 2.33. The number of carbonyl (C=O) groups is 1. The molecule has 2 N–H and O–H groups in total. The van der Waals surface area contributed by atoms with Gasteiger partial charge in [0.1, 0.15) is 5.75 Å². The van der Waals surface area contributed by atoms with E-state index in [4.69, 9.17) is 10.2 Å². The number of phenols is 1. The molecule has 0 fully saturated rings. The van der Waals surface area contributed by atoms with Gasteiger partial charge in [0, 0.05) is 5.33 Å². The molecule has 0 spiro atoms. The van der Waals surface area contributed by atoms with Gasteiger partial charge in [-0.2, -0.15) is 0 Å². The molecule has 1 rings (SSSR count). The van der Waals surface area contributed by atoms with Crippen LogP contribution in [0.25, 0.3) is 0 Å². The lowest BCUT2D eigenvalue weighted by Crippen LogP contribution is -1.96. The third-order valence-electron chi connectivity index (χ3n) is 1.38. The highest BCUT2D eigenvalue weighted by Gasteiger charge is 2.05. The average molecular weight is 231 g/mol. The Morgan fingerprint density at radius 1 is 1.42 bits per heavy atom. The summed E-state index contributed by atoms with van der Waals surface area (Å²) in [6, 6.07) is 4.24. The smallest absolute Gasteiger partial charge is 0.335 e. The van der Waals surface area contributed by atoms with E-state index in [1.54, 1.807) is 0 Å². The minimum atomic E-state index is -1.03. The number of carboxylic acid groups (broad SMARTS) is 1. The minimum absolute atomic E-state index is 0.0237. The highest BCUT2D eigenvalue weighted by Crippen LogP contribution is 2.17. The fraction of sp³-hybridized carbons (Fsp3) is 0.125.